The van der Waals surface area contributed by atoms with Crippen molar-refractivity contribution < 1.29 is 28.9 Å². The number of aliphatic carboxylic acids is 1. The fourth-order valence-electron chi connectivity index (χ4n) is 2.86. The van der Waals surface area contributed by atoms with Crippen LogP contribution in [0.25, 0.3) is 0 Å². The Balaban J connectivity index is 1.65. The van der Waals surface area contributed by atoms with Crippen LogP contribution in [0.15, 0.2) is 60.7 Å². The van der Waals surface area contributed by atoms with Crippen molar-refractivity contribution in [1.82, 2.24) is 0 Å². The first-order chi connectivity index (χ1) is 12.6. The van der Waals surface area contributed by atoms with Crippen molar-refractivity contribution in [3.05, 3.63) is 66.2 Å². The summed E-state index contributed by atoms with van der Waals surface area (Å²) in [6.45, 7) is 0.447. The molecule has 1 unspecified atom stereocenters. The van der Waals surface area contributed by atoms with Crippen molar-refractivity contribution in [3.8, 4) is 5.75 Å². The first-order valence-corrected chi connectivity index (χ1v) is 8.40. The first-order valence-electron chi connectivity index (χ1n) is 8.40. The van der Waals surface area contributed by atoms with Gasteiger partial charge in [-0.05, 0) is 12.1 Å². The lowest BCUT2D eigenvalue weighted by molar-refractivity contribution is -0.215. The summed E-state index contributed by atoms with van der Waals surface area (Å²) < 4.78 is 16.8. The Morgan fingerprint density at radius 3 is 2.15 bits per heavy atom. The molecule has 2 aromatic carbocycles. The maximum atomic E-state index is 12.5. The molecule has 0 amide bonds. The van der Waals surface area contributed by atoms with E-state index in [1.165, 1.54) is 0 Å². The zero-order valence-corrected chi connectivity index (χ0v) is 14.1. The average Bonchev–Trinajstić information content (AvgIpc) is 2.67. The standard InChI is InChI=1S/C20H20O6/c21-18(22)11-17(19(23)26-16-9-5-2-6-10-16)15-12-24-20(25-13-15)14-7-3-1-4-8-14/h1-10,15,17,20H,11-13H2,(H,21,22). The van der Waals surface area contributed by atoms with Gasteiger partial charge in [0.1, 0.15) is 5.75 Å². The molecule has 1 N–H and O–H groups in total. The number of para-hydroxylation sites is 1. The van der Waals surface area contributed by atoms with Gasteiger partial charge in [0.15, 0.2) is 6.29 Å². The molecule has 0 radical (unpaired) electrons. The van der Waals surface area contributed by atoms with Gasteiger partial charge in [0.05, 0.1) is 25.6 Å². The van der Waals surface area contributed by atoms with Gasteiger partial charge in [-0.25, -0.2) is 0 Å². The molecule has 3 rings (SSSR count). The minimum Gasteiger partial charge on any atom is -0.481 e. The molecule has 1 aliphatic heterocycles. The molecule has 2 aromatic rings. The minimum atomic E-state index is -1.06. The van der Waals surface area contributed by atoms with E-state index >= 15 is 0 Å². The maximum absolute atomic E-state index is 12.5. The van der Waals surface area contributed by atoms with E-state index < -0.39 is 24.1 Å². The van der Waals surface area contributed by atoms with Gasteiger partial charge in [-0.2, -0.15) is 0 Å². The number of hydrogen-bond donors (Lipinski definition) is 1. The van der Waals surface area contributed by atoms with E-state index in [2.05, 4.69) is 0 Å². The predicted molar refractivity (Wildman–Crippen MR) is 92.4 cm³/mol. The SMILES string of the molecule is O=C(O)CC(C(=O)Oc1ccccc1)C1COC(c2ccccc2)OC1. The van der Waals surface area contributed by atoms with Crippen LogP contribution in [-0.2, 0) is 19.1 Å². The maximum Gasteiger partial charge on any atom is 0.315 e. The number of carbonyl (C=O) groups is 2. The summed E-state index contributed by atoms with van der Waals surface area (Å²) in [7, 11) is 0. The lowest BCUT2D eigenvalue weighted by atomic mass is 9.90. The second-order valence-electron chi connectivity index (χ2n) is 6.11. The molecular weight excluding hydrogens is 336 g/mol. The molecule has 1 fully saturated rings. The number of hydrogen-bond acceptors (Lipinski definition) is 5. The van der Waals surface area contributed by atoms with Crippen LogP contribution in [0.2, 0.25) is 0 Å². The van der Waals surface area contributed by atoms with Gasteiger partial charge in [-0.3, -0.25) is 9.59 Å². The highest BCUT2D eigenvalue weighted by Gasteiger charge is 2.36. The predicted octanol–water partition coefficient (Wildman–Crippen LogP) is 3.04. The Hall–Kier alpha value is -2.70. The summed E-state index contributed by atoms with van der Waals surface area (Å²) in [6, 6.07) is 18.0. The van der Waals surface area contributed by atoms with Crippen LogP contribution in [0.4, 0.5) is 0 Å². The van der Waals surface area contributed by atoms with E-state index in [-0.39, 0.29) is 25.6 Å². The van der Waals surface area contributed by atoms with Gasteiger partial charge in [0.25, 0.3) is 0 Å². The first kappa shape index (κ1) is 18.1. The van der Waals surface area contributed by atoms with E-state index in [4.69, 9.17) is 14.2 Å². The molecule has 0 aliphatic carbocycles. The molecule has 6 nitrogen and oxygen atoms in total. The monoisotopic (exact) mass is 356 g/mol. The minimum absolute atomic E-state index is 0.224. The van der Waals surface area contributed by atoms with Crippen LogP contribution < -0.4 is 4.74 Å². The second kappa shape index (κ2) is 8.60. The van der Waals surface area contributed by atoms with Crippen molar-refractivity contribution in [2.24, 2.45) is 11.8 Å². The quantitative estimate of drug-likeness (QED) is 0.633. The molecule has 1 saturated heterocycles. The van der Waals surface area contributed by atoms with Crippen LogP contribution in [0, 0.1) is 11.8 Å². The molecule has 0 saturated carbocycles. The fraction of sp³-hybridized carbons (Fsp3) is 0.300. The molecule has 136 valence electrons. The van der Waals surface area contributed by atoms with Crippen LogP contribution >= 0.6 is 0 Å². The van der Waals surface area contributed by atoms with Crippen LogP contribution in [0.3, 0.4) is 0 Å². The normalized spacial score (nSPS) is 20.9. The van der Waals surface area contributed by atoms with Crippen molar-refractivity contribution in [3.63, 3.8) is 0 Å². The van der Waals surface area contributed by atoms with Crippen LogP contribution in [0.1, 0.15) is 18.3 Å². The van der Waals surface area contributed by atoms with E-state index in [0.29, 0.717) is 5.75 Å². The lowest BCUT2D eigenvalue weighted by Gasteiger charge is -2.32. The second-order valence-corrected chi connectivity index (χ2v) is 6.11. The number of esters is 1. The number of carboxylic acid groups (broad SMARTS) is 1. The molecule has 26 heavy (non-hydrogen) atoms. The Morgan fingerprint density at radius 2 is 1.58 bits per heavy atom. The van der Waals surface area contributed by atoms with E-state index in [9.17, 15) is 14.7 Å². The molecule has 1 aliphatic rings. The Kier molecular flexibility index (Phi) is 5.99. The summed E-state index contributed by atoms with van der Waals surface area (Å²) in [5.41, 5.74) is 0.882. The third-order valence-electron chi connectivity index (χ3n) is 4.22. The van der Waals surface area contributed by atoms with Crippen molar-refractivity contribution in [2.45, 2.75) is 12.7 Å². The topological polar surface area (TPSA) is 82.1 Å². The van der Waals surface area contributed by atoms with E-state index in [1.807, 2.05) is 30.3 Å². The van der Waals surface area contributed by atoms with Crippen molar-refractivity contribution in [1.29, 1.82) is 0 Å². The summed E-state index contributed by atoms with van der Waals surface area (Å²) in [5.74, 6) is -2.50. The summed E-state index contributed by atoms with van der Waals surface area (Å²) >= 11 is 0. The van der Waals surface area contributed by atoms with Crippen LogP contribution in [0.5, 0.6) is 5.75 Å². The van der Waals surface area contributed by atoms with Crippen molar-refractivity contribution in [2.75, 3.05) is 13.2 Å². The zero-order valence-electron chi connectivity index (χ0n) is 14.1. The van der Waals surface area contributed by atoms with E-state index in [1.54, 1.807) is 30.3 Å². The Labute approximate surface area is 151 Å². The molecule has 0 bridgehead atoms. The number of benzene rings is 2. The number of ether oxygens (including phenoxy) is 3. The molecule has 0 spiro atoms. The van der Waals surface area contributed by atoms with Gasteiger partial charge in [0.2, 0.25) is 0 Å². The largest absolute Gasteiger partial charge is 0.481 e. The van der Waals surface area contributed by atoms with Crippen molar-refractivity contribution >= 4 is 11.9 Å². The van der Waals surface area contributed by atoms with Gasteiger partial charge in [-0.15, -0.1) is 0 Å². The third kappa shape index (κ3) is 4.68. The molecule has 6 heteroatoms. The number of carbonyl (C=O) groups excluding carboxylic acids is 1. The summed E-state index contributed by atoms with van der Waals surface area (Å²) in [6.07, 6.45) is -0.845. The summed E-state index contributed by atoms with van der Waals surface area (Å²) in [5, 5.41) is 9.17. The highest BCUT2D eigenvalue weighted by molar-refractivity contribution is 5.81. The smallest absolute Gasteiger partial charge is 0.315 e. The molecule has 1 atom stereocenters. The summed E-state index contributed by atoms with van der Waals surface area (Å²) in [4.78, 5) is 23.7. The van der Waals surface area contributed by atoms with Gasteiger partial charge < -0.3 is 19.3 Å². The Morgan fingerprint density at radius 1 is 1.00 bits per heavy atom. The molecular formula is C20H20O6. The van der Waals surface area contributed by atoms with Gasteiger partial charge in [0, 0.05) is 11.5 Å². The zero-order chi connectivity index (χ0) is 18.4. The average molecular weight is 356 g/mol. The van der Waals surface area contributed by atoms with E-state index in [0.717, 1.165) is 5.56 Å². The molecule has 1 heterocycles. The third-order valence-corrected chi connectivity index (χ3v) is 4.22. The number of carboxylic acids is 1. The van der Waals surface area contributed by atoms with Gasteiger partial charge in [-0.1, -0.05) is 48.5 Å². The fourth-order valence-corrected chi connectivity index (χ4v) is 2.86. The highest BCUT2D eigenvalue weighted by atomic mass is 16.7. The highest BCUT2D eigenvalue weighted by Crippen LogP contribution is 2.30. The number of rotatable bonds is 6. The lowest BCUT2D eigenvalue weighted by Crippen LogP contribution is -2.38. The molecule has 0 aromatic heterocycles. The van der Waals surface area contributed by atoms with Crippen LogP contribution in [-0.4, -0.2) is 30.3 Å². The Bertz CT molecular complexity index is 722. The van der Waals surface area contributed by atoms with Gasteiger partial charge >= 0.3 is 11.9 Å².